The molecule has 2 aromatic carbocycles. The zero-order valence-electron chi connectivity index (χ0n) is 14.6. The van der Waals surface area contributed by atoms with Crippen LogP contribution in [0, 0.1) is 0 Å². The van der Waals surface area contributed by atoms with E-state index in [9.17, 15) is 9.59 Å². The molecular formula is C22H18N2O3. The van der Waals surface area contributed by atoms with Crippen LogP contribution in [-0.2, 0) is 16.0 Å². The largest absolute Gasteiger partial charge is 0.452 e. The van der Waals surface area contributed by atoms with Gasteiger partial charge in [0, 0.05) is 5.39 Å². The molecule has 5 heteroatoms. The molecule has 3 aromatic rings. The van der Waals surface area contributed by atoms with Gasteiger partial charge in [0.2, 0.25) is 0 Å². The number of hydrogen-bond acceptors (Lipinski definition) is 4. The Morgan fingerprint density at radius 1 is 1.04 bits per heavy atom. The van der Waals surface area contributed by atoms with Crippen molar-refractivity contribution in [3.8, 4) is 0 Å². The fourth-order valence-corrected chi connectivity index (χ4v) is 3.47. The summed E-state index contributed by atoms with van der Waals surface area (Å²) in [5.41, 5.74) is 10.2. The third-order valence-electron chi connectivity index (χ3n) is 4.63. The molecule has 0 spiro atoms. The Bertz CT molecular complexity index is 1070. The van der Waals surface area contributed by atoms with Gasteiger partial charge < -0.3 is 10.5 Å². The first-order valence-electron chi connectivity index (χ1n) is 8.76. The molecule has 1 amide bonds. The standard InChI is InChI=1S/C22H18N2O3/c23-19(25)13-27-22(26)20-16-8-4-5-9-18(16)24-21-15(10-11-17(20)21)12-14-6-2-1-3-7-14/h1-9,12H,10-11,13H2,(H2,23,25)/b15-12+. The maximum Gasteiger partial charge on any atom is 0.339 e. The Morgan fingerprint density at radius 2 is 1.78 bits per heavy atom. The fraction of sp³-hybridized carbons (Fsp3) is 0.136. The number of para-hydroxylation sites is 1. The summed E-state index contributed by atoms with van der Waals surface area (Å²) in [5, 5.41) is 0.728. The number of benzene rings is 2. The molecule has 0 fully saturated rings. The maximum absolute atomic E-state index is 12.7. The summed E-state index contributed by atoms with van der Waals surface area (Å²) in [6, 6.07) is 17.5. The van der Waals surface area contributed by atoms with Gasteiger partial charge in [-0.2, -0.15) is 0 Å². The zero-order chi connectivity index (χ0) is 18.8. The first-order chi connectivity index (χ1) is 13.1. The number of primary amides is 1. The second kappa shape index (κ2) is 7.03. The summed E-state index contributed by atoms with van der Waals surface area (Å²) in [7, 11) is 0. The average Bonchev–Trinajstić information content (AvgIpc) is 3.07. The molecule has 0 saturated heterocycles. The van der Waals surface area contributed by atoms with E-state index in [2.05, 4.69) is 6.08 Å². The minimum absolute atomic E-state index is 0.434. The number of fused-ring (bicyclic) bond motifs is 2. The summed E-state index contributed by atoms with van der Waals surface area (Å²) in [5.74, 6) is -1.22. The van der Waals surface area contributed by atoms with Gasteiger partial charge in [-0.25, -0.2) is 9.78 Å². The lowest BCUT2D eigenvalue weighted by atomic mass is 10.0. The van der Waals surface area contributed by atoms with E-state index in [0.717, 1.165) is 39.7 Å². The number of ether oxygens (including phenoxy) is 1. The van der Waals surface area contributed by atoms with Crippen LogP contribution in [0.5, 0.6) is 0 Å². The van der Waals surface area contributed by atoms with Crippen LogP contribution in [0.2, 0.25) is 0 Å². The number of allylic oxidation sites excluding steroid dienone is 1. The number of carbonyl (C=O) groups is 2. The molecule has 1 heterocycles. The monoisotopic (exact) mass is 358 g/mol. The number of nitrogens with zero attached hydrogens (tertiary/aromatic N) is 1. The predicted octanol–water partition coefficient (Wildman–Crippen LogP) is 3.36. The quantitative estimate of drug-likeness (QED) is 0.725. The minimum Gasteiger partial charge on any atom is -0.452 e. The maximum atomic E-state index is 12.7. The number of hydrogen-bond donors (Lipinski definition) is 1. The number of rotatable bonds is 4. The second-order valence-corrected chi connectivity index (χ2v) is 6.45. The van der Waals surface area contributed by atoms with Crippen molar-refractivity contribution in [1.29, 1.82) is 0 Å². The number of aromatic nitrogens is 1. The average molecular weight is 358 g/mol. The summed E-state index contributed by atoms with van der Waals surface area (Å²) in [4.78, 5) is 28.5. The second-order valence-electron chi connectivity index (χ2n) is 6.45. The van der Waals surface area contributed by atoms with Gasteiger partial charge in [0.1, 0.15) is 0 Å². The normalized spacial score (nSPS) is 14.3. The van der Waals surface area contributed by atoms with Crippen molar-refractivity contribution in [2.75, 3.05) is 6.61 Å². The first kappa shape index (κ1) is 17.0. The third kappa shape index (κ3) is 3.31. The van der Waals surface area contributed by atoms with Gasteiger partial charge in [0.15, 0.2) is 6.61 Å². The lowest BCUT2D eigenvalue weighted by molar-refractivity contribution is -0.121. The van der Waals surface area contributed by atoms with E-state index >= 15 is 0 Å². The zero-order valence-corrected chi connectivity index (χ0v) is 14.6. The van der Waals surface area contributed by atoms with Gasteiger partial charge in [-0.15, -0.1) is 0 Å². The Hall–Kier alpha value is -3.47. The van der Waals surface area contributed by atoms with Crippen LogP contribution >= 0.6 is 0 Å². The van der Waals surface area contributed by atoms with Gasteiger partial charge in [-0.3, -0.25) is 4.79 Å². The van der Waals surface area contributed by atoms with Crippen LogP contribution < -0.4 is 5.73 Å². The van der Waals surface area contributed by atoms with Crippen LogP contribution in [0.4, 0.5) is 0 Å². The van der Waals surface area contributed by atoms with E-state index in [0.29, 0.717) is 12.0 Å². The molecule has 0 radical (unpaired) electrons. The third-order valence-corrected chi connectivity index (χ3v) is 4.63. The summed E-state index contributed by atoms with van der Waals surface area (Å²) >= 11 is 0. The van der Waals surface area contributed by atoms with Gasteiger partial charge >= 0.3 is 5.97 Å². The van der Waals surface area contributed by atoms with Gasteiger partial charge in [0.25, 0.3) is 5.91 Å². The predicted molar refractivity (Wildman–Crippen MR) is 104 cm³/mol. The van der Waals surface area contributed by atoms with E-state index in [-0.39, 0.29) is 0 Å². The van der Waals surface area contributed by atoms with E-state index in [4.69, 9.17) is 15.5 Å². The number of esters is 1. The van der Waals surface area contributed by atoms with Crippen molar-refractivity contribution < 1.29 is 14.3 Å². The van der Waals surface area contributed by atoms with Crippen LogP contribution in [0.15, 0.2) is 54.6 Å². The van der Waals surface area contributed by atoms with E-state index < -0.39 is 18.5 Å². The van der Waals surface area contributed by atoms with Crippen molar-refractivity contribution >= 4 is 34.4 Å². The SMILES string of the molecule is NC(=O)COC(=O)c1c2c(nc3ccccc13)/C(=C/c1ccccc1)CC2. The Labute approximate surface area is 156 Å². The lowest BCUT2D eigenvalue weighted by Crippen LogP contribution is -2.21. The Balaban J connectivity index is 1.85. The van der Waals surface area contributed by atoms with Gasteiger partial charge in [-0.1, -0.05) is 48.5 Å². The molecule has 1 aromatic heterocycles. The van der Waals surface area contributed by atoms with Crippen molar-refractivity contribution in [2.45, 2.75) is 12.8 Å². The number of pyridine rings is 1. The number of carbonyl (C=O) groups excluding carboxylic acids is 2. The molecule has 0 aliphatic heterocycles. The highest BCUT2D eigenvalue weighted by atomic mass is 16.5. The molecule has 0 saturated carbocycles. The molecular weight excluding hydrogens is 340 g/mol. The molecule has 134 valence electrons. The summed E-state index contributed by atoms with van der Waals surface area (Å²) in [6.07, 6.45) is 3.60. The molecule has 0 unspecified atom stereocenters. The molecule has 0 bridgehead atoms. The fourth-order valence-electron chi connectivity index (χ4n) is 3.47. The highest BCUT2D eigenvalue weighted by molar-refractivity contribution is 6.07. The van der Waals surface area contributed by atoms with Crippen LogP contribution in [0.25, 0.3) is 22.6 Å². The highest BCUT2D eigenvalue weighted by Crippen LogP contribution is 2.37. The molecule has 0 atom stereocenters. The van der Waals surface area contributed by atoms with Crippen LogP contribution in [0.1, 0.15) is 33.6 Å². The van der Waals surface area contributed by atoms with Crippen LogP contribution in [0.3, 0.4) is 0 Å². The Morgan fingerprint density at radius 3 is 2.56 bits per heavy atom. The smallest absolute Gasteiger partial charge is 0.339 e. The molecule has 1 aliphatic carbocycles. The molecule has 1 aliphatic rings. The van der Waals surface area contributed by atoms with Crippen molar-refractivity contribution in [3.63, 3.8) is 0 Å². The molecule has 2 N–H and O–H groups in total. The first-order valence-corrected chi connectivity index (χ1v) is 8.76. The van der Waals surface area contributed by atoms with E-state index in [1.807, 2.05) is 54.6 Å². The summed E-state index contributed by atoms with van der Waals surface area (Å²) < 4.78 is 5.12. The molecule has 27 heavy (non-hydrogen) atoms. The van der Waals surface area contributed by atoms with Gasteiger partial charge in [0.05, 0.1) is 16.8 Å². The topological polar surface area (TPSA) is 82.3 Å². The van der Waals surface area contributed by atoms with Crippen molar-refractivity contribution in [3.05, 3.63) is 77.0 Å². The summed E-state index contributed by atoms with van der Waals surface area (Å²) in [6.45, 7) is -0.434. The Kier molecular flexibility index (Phi) is 4.42. The van der Waals surface area contributed by atoms with E-state index in [1.54, 1.807) is 0 Å². The van der Waals surface area contributed by atoms with E-state index in [1.165, 1.54) is 0 Å². The number of amides is 1. The minimum atomic E-state index is -0.678. The van der Waals surface area contributed by atoms with Crippen molar-refractivity contribution in [1.82, 2.24) is 4.98 Å². The van der Waals surface area contributed by atoms with Crippen molar-refractivity contribution in [2.24, 2.45) is 5.73 Å². The van der Waals surface area contributed by atoms with Gasteiger partial charge in [-0.05, 0) is 41.7 Å². The number of nitrogens with two attached hydrogens (primary N) is 1. The highest BCUT2D eigenvalue weighted by Gasteiger charge is 2.27. The van der Waals surface area contributed by atoms with Crippen LogP contribution in [-0.4, -0.2) is 23.5 Å². The molecule has 4 rings (SSSR count). The lowest BCUT2D eigenvalue weighted by Gasteiger charge is -2.11. The molecule has 5 nitrogen and oxygen atoms in total.